The minimum Gasteiger partial charge on any atom is -0.449 e. The summed E-state index contributed by atoms with van der Waals surface area (Å²) in [5, 5.41) is 8.16. The number of aromatic nitrogens is 1. The van der Waals surface area contributed by atoms with Crippen LogP contribution in [-0.2, 0) is 16.1 Å². The molecule has 0 saturated heterocycles. The highest BCUT2D eigenvalue weighted by Crippen LogP contribution is 2.34. The number of pyridine rings is 1. The summed E-state index contributed by atoms with van der Waals surface area (Å²) >= 11 is 11.8. The Morgan fingerprint density at radius 2 is 1.43 bits per heavy atom. The number of carbonyl (C=O) groups is 2. The van der Waals surface area contributed by atoms with Gasteiger partial charge in [-0.1, -0.05) is 43.3 Å². The Labute approximate surface area is 277 Å². The van der Waals surface area contributed by atoms with Crippen molar-refractivity contribution in [3.63, 3.8) is 0 Å². The lowest BCUT2D eigenvalue weighted by Crippen LogP contribution is -2.27. The lowest BCUT2D eigenvalue weighted by atomic mass is 10.1. The Kier molecular flexibility index (Phi) is 11.4. The third-order valence-corrected chi connectivity index (χ3v) is 7.34. The SMILES string of the molecule is CCCOC(=O)Nc1cc(COC(=O)Oc2ccc(N(CCCl)CCCl)cc2)cc(Nc2c3ccccc3nc3ccccc23)c1. The standard InChI is InChI=1S/C35H34Cl2N4O5/c1-2-19-44-34(42)39-26-21-24(23-45-35(43)46-28-13-11-27(12-14-28)41(17-15-36)18-16-37)20-25(22-26)38-33-29-7-3-5-9-31(29)40-32-10-6-4-8-30(32)33/h3-14,20-22H,2,15-19,23H2,1H3,(H,38,40)(H,39,42). The number of nitrogens with zero attached hydrogens (tertiary/aromatic N) is 2. The lowest BCUT2D eigenvalue weighted by Gasteiger charge is -2.22. The fourth-order valence-electron chi connectivity index (χ4n) is 4.95. The van der Waals surface area contributed by atoms with Gasteiger partial charge in [-0.05, 0) is 66.6 Å². The molecule has 0 aliphatic rings. The van der Waals surface area contributed by atoms with Crippen LogP contribution in [0.5, 0.6) is 5.75 Å². The molecule has 5 rings (SSSR count). The van der Waals surface area contributed by atoms with Crippen molar-refractivity contribution in [1.82, 2.24) is 4.98 Å². The molecular weight excluding hydrogens is 627 g/mol. The van der Waals surface area contributed by atoms with Gasteiger partial charge >= 0.3 is 12.2 Å². The molecule has 1 heterocycles. The molecule has 1 aromatic heterocycles. The molecule has 238 valence electrons. The summed E-state index contributed by atoms with van der Waals surface area (Å²) in [6.07, 6.45) is -0.753. The molecule has 0 bridgehead atoms. The molecule has 4 aromatic carbocycles. The molecule has 0 radical (unpaired) electrons. The zero-order valence-electron chi connectivity index (χ0n) is 25.3. The number of hydrogen-bond donors (Lipinski definition) is 2. The highest BCUT2D eigenvalue weighted by atomic mass is 35.5. The average molecular weight is 662 g/mol. The Morgan fingerprint density at radius 3 is 2.07 bits per heavy atom. The van der Waals surface area contributed by atoms with Crippen molar-refractivity contribution in [2.24, 2.45) is 0 Å². The molecule has 0 unspecified atom stereocenters. The van der Waals surface area contributed by atoms with Crippen molar-refractivity contribution in [2.45, 2.75) is 20.0 Å². The first kappa shape index (κ1) is 32.7. The largest absolute Gasteiger partial charge is 0.514 e. The van der Waals surface area contributed by atoms with Crippen LogP contribution in [0.4, 0.5) is 32.3 Å². The van der Waals surface area contributed by atoms with Gasteiger partial charge in [0.05, 0.1) is 23.3 Å². The molecule has 0 saturated carbocycles. The van der Waals surface area contributed by atoms with Crippen molar-refractivity contribution in [3.05, 3.63) is 96.6 Å². The normalized spacial score (nSPS) is 10.8. The summed E-state index contributed by atoms with van der Waals surface area (Å²) in [5.41, 5.74) is 5.20. The fourth-order valence-corrected chi connectivity index (χ4v) is 5.36. The van der Waals surface area contributed by atoms with Gasteiger partial charge in [-0.15, -0.1) is 23.2 Å². The second-order valence-electron chi connectivity index (χ2n) is 10.3. The van der Waals surface area contributed by atoms with E-state index in [1.165, 1.54) is 0 Å². The topological polar surface area (TPSA) is 102 Å². The first-order valence-corrected chi connectivity index (χ1v) is 16.0. The van der Waals surface area contributed by atoms with Crippen LogP contribution in [0.2, 0.25) is 0 Å². The second-order valence-corrected chi connectivity index (χ2v) is 11.1. The summed E-state index contributed by atoms with van der Waals surface area (Å²) in [7, 11) is 0. The van der Waals surface area contributed by atoms with Gasteiger partial charge in [-0.2, -0.15) is 0 Å². The van der Waals surface area contributed by atoms with Crippen LogP contribution in [0.3, 0.4) is 0 Å². The van der Waals surface area contributed by atoms with Gasteiger partial charge in [0.2, 0.25) is 0 Å². The van der Waals surface area contributed by atoms with E-state index in [1.54, 1.807) is 24.3 Å². The molecule has 46 heavy (non-hydrogen) atoms. The van der Waals surface area contributed by atoms with Gasteiger partial charge in [0.25, 0.3) is 0 Å². The van der Waals surface area contributed by atoms with Gasteiger partial charge in [0.1, 0.15) is 12.4 Å². The quantitative estimate of drug-likeness (QED) is 0.0558. The van der Waals surface area contributed by atoms with Crippen molar-refractivity contribution < 1.29 is 23.8 Å². The average Bonchev–Trinajstić information content (AvgIpc) is 3.06. The minimum absolute atomic E-state index is 0.109. The minimum atomic E-state index is -0.868. The van der Waals surface area contributed by atoms with E-state index in [0.29, 0.717) is 60.6 Å². The van der Waals surface area contributed by atoms with Gasteiger partial charge in [-0.25, -0.2) is 14.6 Å². The number of carbonyl (C=O) groups excluding carboxylic acids is 2. The lowest BCUT2D eigenvalue weighted by molar-refractivity contribution is 0.0927. The number of alkyl halides is 2. The fraction of sp³-hybridized carbons (Fsp3) is 0.229. The van der Waals surface area contributed by atoms with Crippen molar-refractivity contribution in [3.8, 4) is 5.75 Å². The van der Waals surface area contributed by atoms with Gasteiger partial charge < -0.3 is 24.4 Å². The van der Waals surface area contributed by atoms with Crippen molar-refractivity contribution in [1.29, 1.82) is 0 Å². The molecule has 0 atom stereocenters. The number of rotatable bonds is 13. The van der Waals surface area contributed by atoms with E-state index in [-0.39, 0.29) is 6.61 Å². The maximum absolute atomic E-state index is 12.7. The number of para-hydroxylation sites is 2. The zero-order chi connectivity index (χ0) is 32.3. The molecule has 5 aromatic rings. The summed E-state index contributed by atoms with van der Waals surface area (Å²) in [6.45, 7) is 3.39. The number of anilines is 4. The van der Waals surface area contributed by atoms with E-state index in [4.69, 9.17) is 42.4 Å². The highest BCUT2D eigenvalue weighted by molar-refractivity contribution is 6.18. The molecule has 0 spiro atoms. The van der Waals surface area contributed by atoms with Crippen LogP contribution in [-0.4, -0.2) is 48.7 Å². The number of ether oxygens (including phenoxy) is 3. The first-order valence-electron chi connectivity index (χ1n) is 14.9. The highest BCUT2D eigenvalue weighted by Gasteiger charge is 2.14. The maximum Gasteiger partial charge on any atom is 0.514 e. The Morgan fingerprint density at radius 1 is 0.804 bits per heavy atom. The molecule has 1 amide bonds. The van der Waals surface area contributed by atoms with Crippen LogP contribution < -0.4 is 20.3 Å². The van der Waals surface area contributed by atoms with Crippen LogP contribution in [0.25, 0.3) is 21.8 Å². The smallest absolute Gasteiger partial charge is 0.449 e. The number of fused-ring (bicyclic) bond motifs is 2. The Balaban J connectivity index is 1.36. The number of halogens is 2. The summed E-state index contributed by atoms with van der Waals surface area (Å²) in [5.74, 6) is 1.26. The van der Waals surface area contributed by atoms with E-state index in [0.717, 1.165) is 33.2 Å². The van der Waals surface area contributed by atoms with E-state index in [9.17, 15) is 9.59 Å². The van der Waals surface area contributed by atoms with Crippen LogP contribution in [0.15, 0.2) is 91.0 Å². The van der Waals surface area contributed by atoms with Gasteiger partial charge in [-0.3, -0.25) is 5.32 Å². The molecule has 2 N–H and O–H groups in total. The Bertz CT molecular complexity index is 1740. The van der Waals surface area contributed by atoms with E-state index in [2.05, 4.69) is 10.6 Å². The molecule has 0 fully saturated rings. The number of benzene rings is 4. The molecule has 11 heteroatoms. The zero-order valence-corrected chi connectivity index (χ0v) is 26.8. The second kappa shape index (κ2) is 16.0. The predicted molar refractivity (Wildman–Crippen MR) is 185 cm³/mol. The molecule has 0 aliphatic carbocycles. The van der Waals surface area contributed by atoms with Crippen molar-refractivity contribution in [2.75, 3.05) is 47.0 Å². The summed E-state index contributed by atoms with van der Waals surface area (Å²) in [4.78, 5) is 31.9. The third kappa shape index (κ3) is 8.50. The number of amides is 1. The number of nitrogens with one attached hydrogen (secondary N) is 2. The van der Waals surface area contributed by atoms with Crippen LogP contribution in [0, 0.1) is 0 Å². The molecule has 9 nitrogen and oxygen atoms in total. The maximum atomic E-state index is 12.7. The van der Waals surface area contributed by atoms with E-state index >= 15 is 0 Å². The van der Waals surface area contributed by atoms with Crippen LogP contribution in [0.1, 0.15) is 18.9 Å². The van der Waals surface area contributed by atoms with Crippen molar-refractivity contribution >= 4 is 80.0 Å². The van der Waals surface area contributed by atoms with Crippen LogP contribution >= 0.6 is 23.2 Å². The third-order valence-electron chi connectivity index (χ3n) is 7.00. The summed E-state index contributed by atoms with van der Waals surface area (Å²) < 4.78 is 16.1. The molecular formula is C35H34Cl2N4O5. The van der Waals surface area contributed by atoms with Gasteiger partial charge in [0, 0.05) is 52.7 Å². The first-order chi connectivity index (χ1) is 22.5. The van der Waals surface area contributed by atoms with Gasteiger partial charge in [0.15, 0.2) is 0 Å². The monoisotopic (exact) mass is 660 g/mol. The van der Waals surface area contributed by atoms with E-state index < -0.39 is 12.2 Å². The molecule has 0 aliphatic heterocycles. The van der Waals surface area contributed by atoms with E-state index in [1.807, 2.05) is 78.6 Å². The predicted octanol–water partition coefficient (Wildman–Crippen LogP) is 9.09. The Hall–Kier alpha value is -4.73. The summed E-state index contributed by atoms with van der Waals surface area (Å²) in [6, 6.07) is 28.1. The number of hydrogen-bond acceptors (Lipinski definition) is 8.